The quantitative estimate of drug-likeness (QED) is 0.0307. The molecule has 89 heavy (non-hydrogen) atoms. The topological polar surface area (TPSA) is 395 Å². The van der Waals surface area contributed by atoms with Crippen LogP contribution in [0.2, 0.25) is 0 Å². The Kier molecular flexibility index (Phi) is 40.3. The lowest BCUT2D eigenvalue weighted by atomic mass is 9.94. The number of aliphatic hydroxyl groups excluding tert-OH is 13. The second-order valence-corrected chi connectivity index (χ2v) is 25.0. The van der Waals surface area contributed by atoms with Crippen LogP contribution in [0.3, 0.4) is 0 Å². The highest BCUT2D eigenvalue weighted by Crippen LogP contribution is 2.35. The largest absolute Gasteiger partial charge is 0.394 e. The Balaban J connectivity index is 1.34. The highest BCUT2D eigenvalue weighted by atomic mass is 16.8. The Morgan fingerprint density at radius 1 is 0.438 bits per heavy atom. The van der Waals surface area contributed by atoms with Gasteiger partial charge in [-0.15, -0.1) is 0 Å². The van der Waals surface area contributed by atoms with Crippen molar-refractivity contribution in [1.29, 1.82) is 0 Å². The van der Waals surface area contributed by atoms with Gasteiger partial charge in [0.15, 0.2) is 25.2 Å². The van der Waals surface area contributed by atoms with Crippen molar-refractivity contribution >= 4 is 11.8 Å². The van der Waals surface area contributed by atoms with Gasteiger partial charge >= 0.3 is 0 Å². The minimum absolute atomic E-state index is 0.217. The lowest BCUT2D eigenvalue weighted by Crippen LogP contribution is -2.70. The van der Waals surface area contributed by atoms with Gasteiger partial charge in [-0.25, -0.2) is 0 Å². The minimum atomic E-state index is -2.10. The third-order valence-corrected chi connectivity index (χ3v) is 17.6. The summed E-state index contributed by atoms with van der Waals surface area (Å²) in [6.45, 7) is 1.61. The van der Waals surface area contributed by atoms with Crippen LogP contribution in [0.1, 0.15) is 213 Å². The zero-order chi connectivity index (χ0) is 65.1. The highest BCUT2D eigenvalue weighted by Gasteiger charge is 2.56. The van der Waals surface area contributed by atoms with E-state index < -0.39 is 174 Å². The molecule has 25 heteroatoms. The van der Waals surface area contributed by atoms with E-state index in [0.29, 0.717) is 12.8 Å². The van der Waals surface area contributed by atoms with E-state index in [2.05, 4.69) is 24.5 Å². The van der Waals surface area contributed by atoms with Crippen molar-refractivity contribution < 1.29 is 114 Å². The lowest BCUT2D eigenvalue weighted by molar-refractivity contribution is -0.380. The second kappa shape index (κ2) is 45.3. The number of carbonyl (C=O) groups excluding carboxylic acids is 2. The van der Waals surface area contributed by atoms with E-state index in [1.807, 2.05) is 6.08 Å². The molecule has 0 radical (unpaired) electrons. The molecule has 4 aliphatic rings. The maximum absolute atomic E-state index is 13.4. The summed E-state index contributed by atoms with van der Waals surface area (Å²) in [5, 5.41) is 147. The van der Waals surface area contributed by atoms with Crippen LogP contribution in [0, 0.1) is 0 Å². The third-order valence-electron chi connectivity index (χ3n) is 17.6. The van der Waals surface area contributed by atoms with Crippen molar-refractivity contribution in [3.8, 4) is 0 Å². The third kappa shape index (κ3) is 27.2. The molecule has 8 unspecified atom stereocenters. The summed E-state index contributed by atoms with van der Waals surface area (Å²) >= 11 is 0. The molecule has 4 rings (SSSR count). The predicted molar refractivity (Wildman–Crippen MR) is 326 cm³/mol. The van der Waals surface area contributed by atoms with Crippen molar-refractivity contribution in [2.45, 2.75) is 348 Å². The maximum atomic E-state index is 13.4. The van der Waals surface area contributed by atoms with Crippen LogP contribution in [0.5, 0.6) is 0 Å². The van der Waals surface area contributed by atoms with Crippen LogP contribution < -0.4 is 10.6 Å². The standard InChI is InChI=1S/C64H118N2O23/c1-4-6-8-10-12-14-16-18-19-20-21-23-25-27-29-31-33-35-48(73)66-42(43(72)34-32-30-28-26-24-22-17-15-13-11-9-7-5-2)40-82-62-56(80)53(77)59(46(38-69)85-62)88-64-57(81)54(78)58(47(39-70)86-64)87-61-49(65-41(3)71)60(51(75)45(37-68)83-61)89-63-55(79)52(76)50(74)44(36-67)84-63/h32,34,42-47,49-64,67-70,72,74-81H,4-31,33,35-40H2,1-3H3,(H,65,71)(H,66,73)/b34-32+/t42-,43+,44?,45?,46?,47?,49?,50-,51-,52-,53+,54+,55?,56?,57?,58-,59+,60+,61-,62+,63-,64-/m0/s1. The molecule has 0 aromatic heterocycles. The number of hydrogen-bond donors (Lipinski definition) is 15. The number of nitrogens with one attached hydrogen (secondary N) is 2. The Bertz CT molecular complexity index is 1860. The van der Waals surface area contributed by atoms with E-state index in [4.69, 9.17) is 37.9 Å². The fraction of sp³-hybridized carbons (Fsp3) is 0.938. The van der Waals surface area contributed by atoms with Crippen LogP contribution in [0.15, 0.2) is 12.2 Å². The molecule has 522 valence electrons. The average molecular weight is 1280 g/mol. The number of ether oxygens (including phenoxy) is 8. The van der Waals surface area contributed by atoms with Gasteiger partial charge in [0.25, 0.3) is 0 Å². The molecule has 22 atom stereocenters. The molecule has 0 aromatic carbocycles. The van der Waals surface area contributed by atoms with E-state index in [1.54, 1.807) is 6.08 Å². The van der Waals surface area contributed by atoms with Gasteiger partial charge in [-0.2, -0.15) is 0 Å². The van der Waals surface area contributed by atoms with Crippen LogP contribution in [-0.4, -0.2) is 246 Å². The average Bonchev–Trinajstić information content (AvgIpc) is 0.957. The van der Waals surface area contributed by atoms with E-state index in [1.165, 1.54) is 128 Å². The summed E-state index contributed by atoms with van der Waals surface area (Å²) in [7, 11) is 0. The summed E-state index contributed by atoms with van der Waals surface area (Å²) < 4.78 is 46.7. The Morgan fingerprint density at radius 3 is 1.27 bits per heavy atom. The molecule has 0 aromatic rings. The molecule has 0 saturated carbocycles. The summed E-state index contributed by atoms with van der Waals surface area (Å²) in [6, 6.07) is -2.62. The van der Waals surface area contributed by atoms with Gasteiger partial charge < -0.3 is 115 Å². The van der Waals surface area contributed by atoms with Crippen LogP contribution >= 0.6 is 0 Å². The first kappa shape index (κ1) is 79.3. The first-order valence-corrected chi connectivity index (χ1v) is 33.9. The van der Waals surface area contributed by atoms with Gasteiger partial charge in [0, 0.05) is 13.3 Å². The molecule has 0 aliphatic carbocycles. The predicted octanol–water partition coefficient (Wildman–Crippen LogP) is 2.56. The molecule has 4 fully saturated rings. The van der Waals surface area contributed by atoms with Gasteiger partial charge in [0.2, 0.25) is 11.8 Å². The number of carbonyl (C=O) groups is 2. The maximum Gasteiger partial charge on any atom is 0.220 e. The van der Waals surface area contributed by atoms with E-state index in [0.717, 1.165) is 51.9 Å². The summed E-state index contributed by atoms with van der Waals surface area (Å²) in [4.78, 5) is 26.0. The van der Waals surface area contributed by atoms with Gasteiger partial charge in [-0.05, 0) is 19.3 Å². The monoisotopic (exact) mass is 1280 g/mol. The molecule has 25 nitrogen and oxygen atoms in total. The Hall–Kier alpha value is -2.16. The van der Waals surface area contributed by atoms with Crippen molar-refractivity contribution in [3.63, 3.8) is 0 Å². The second-order valence-electron chi connectivity index (χ2n) is 25.0. The van der Waals surface area contributed by atoms with Gasteiger partial charge in [-0.3, -0.25) is 9.59 Å². The van der Waals surface area contributed by atoms with Crippen molar-refractivity contribution in [1.82, 2.24) is 10.6 Å². The molecule has 4 aliphatic heterocycles. The molecular formula is C64H118N2O23. The first-order chi connectivity index (χ1) is 43.0. The van der Waals surface area contributed by atoms with Crippen LogP contribution in [0.25, 0.3) is 0 Å². The number of rotatable bonds is 47. The lowest BCUT2D eigenvalue weighted by Gasteiger charge is -2.50. The Labute approximate surface area is 528 Å². The summed E-state index contributed by atoms with van der Waals surface area (Å²) in [6.07, 6.45) is 2.86. The SMILES string of the molecule is CCCCCCCCCCCCC/C=C/[C@@H](O)[C@H](CO[C@@H]1OC(CO)[C@@H](O[C@@H]2OC(CO)[C@H](O[C@@H]3OC(CO)[C@H](O)[C@H](O[C@@H]4OC(CO)[C@H](O)[C@H](O)C4O)C3NC(C)=O)[C@H](O)C2O)[C@H](O)C1O)NC(=O)CCCCCCCCCCCCCCCCCCC. The van der Waals surface area contributed by atoms with Crippen molar-refractivity contribution in [2.75, 3.05) is 33.0 Å². The molecule has 4 heterocycles. The highest BCUT2D eigenvalue weighted by molar-refractivity contribution is 5.76. The summed E-state index contributed by atoms with van der Waals surface area (Å²) in [5.74, 6) is -1.06. The number of allylic oxidation sites excluding steroid dienone is 1. The van der Waals surface area contributed by atoms with E-state index >= 15 is 0 Å². The molecule has 15 N–H and O–H groups in total. The van der Waals surface area contributed by atoms with Crippen LogP contribution in [0.4, 0.5) is 0 Å². The van der Waals surface area contributed by atoms with Crippen molar-refractivity contribution in [2.24, 2.45) is 0 Å². The van der Waals surface area contributed by atoms with Gasteiger partial charge in [0.1, 0.15) is 97.6 Å². The number of unbranched alkanes of at least 4 members (excludes halogenated alkanes) is 27. The van der Waals surface area contributed by atoms with Crippen molar-refractivity contribution in [3.05, 3.63) is 12.2 Å². The zero-order valence-corrected chi connectivity index (χ0v) is 53.5. The molecule has 0 spiro atoms. The number of hydrogen-bond acceptors (Lipinski definition) is 23. The normalized spacial score (nSPS) is 33.3. The first-order valence-electron chi connectivity index (χ1n) is 33.9. The molecule has 0 bridgehead atoms. The van der Waals surface area contributed by atoms with Gasteiger partial charge in [0.05, 0.1) is 45.2 Å². The minimum Gasteiger partial charge on any atom is -0.394 e. The van der Waals surface area contributed by atoms with E-state index in [9.17, 15) is 76.0 Å². The van der Waals surface area contributed by atoms with E-state index in [-0.39, 0.29) is 12.3 Å². The molecular weight excluding hydrogens is 1160 g/mol. The summed E-state index contributed by atoms with van der Waals surface area (Å²) in [5.41, 5.74) is 0. The number of amides is 2. The fourth-order valence-corrected chi connectivity index (χ4v) is 12.1. The number of aliphatic hydroxyl groups is 13. The fourth-order valence-electron chi connectivity index (χ4n) is 12.1. The molecule has 4 saturated heterocycles. The Morgan fingerprint density at radius 2 is 0.809 bits per heavy atom. The smallest absolute Gasteiger partial charge is 0.220 e. The molecule has 2 amide bonds. The van der Waals surface area contributed by atoms with Gasteiger partial charge in [-0.1, -0.05) is 193 Å². The zero-order valence-electron chi connectivity index (χ0n) is 53.5. The van der Waals surface area contributed by atoms with Crippen LogP contribution in [-0.2, 0) is 47.5 Å².